The van der Waals surface area contributed by atoms with E-state index in [0.717, 1.165) is 12.8 Å². The van der Waals surface area contributed by atoms with Gasteiger partial charge in [-0.15, -0.1) is 0 Å². The second kappa shape index (κ2) is 10.0. The van der Waals surface area contributed by atoms with E-state index in [2.05, 4.69) is 5.32 Å². The molecule has 2 aromatic carbocycles. The van der Waals surface area contributed by atoms with Gasteiger partial charge in [-0.1, -0.05) is 60.7 Å². The number of nitrogens with zero attached hydrogens (tertiary/aromatic N) is 1. The molecule has 1 amide bonds. The van der Waals surface area contributed by atoms with E-state index in [1.54, 1.807) is 4.90 Å². The Kier molecular flexibility index (Phi) is 7.38. The van der Waals surface area contributed by atoms with Gasteiger partial charge in [-0.25, -0.2) is 0 Å². The third-order valence-corrected chi connectivity index (χ3v) is 3.96. The number of carbonyl (C=O) groups is 1. The van der Waals surface area contributed by atoms with Crippen molar-refractivity contribution in [2.45, 2.75) is 19.3 Å². The average Bonchev–Trinajstić information content (AvgIpc) is 2.66. The molecule has 2 aromatic rings. The standard InChI is InChI=1S/C20H24N4O/c21-19(12-11-17-7-3-1-4-8-17)24(20(22)15-23-16-25)14-13-18-9-5-2-6-10-18/h1-10,16,21-22H,11-15H2,(H,23,25). The van der Waals surface area contributed by atoms with Crippen molar-refractivity contribution in [3.05, 3.63) is 71.8 Å². The van der Waals surface area contributed by atoms with E-state index in [4.69, 9.17) is 10.8 Å². The van der Waals surface area contributed by atoms with E-state index in [-0.39, 0.29) is 12.4 Å². The van der Waals surface area contributed by atoms with Crippen LogP contribution in [-0.4, -0.2) is 36.1 Å². The first-order valence-electron chi connectivity index (χ1n) is 8.38. The van der Waals surface area contributed by atoms with Crippen LogP contribution >= 0.6 is 0 Å². The van der Waals surface area contributed by atoms with Gasteiger partial charge in [0.05, 0.1) is 6.54 Å². The van der Waals surface area contributed by atoms with Crippen LogP contribution in [0.1, 0.15) is 17.5 Å². The molecule has 0 saturated carbocycles. The number of carbonyl (C=O) groups excluding carboxylic acids is 1. The van der Waals surface area contributed by atoms with Crippen LogP contribution in [0.25, 0.3) is 0 Å². The Morgan fingerprint density at radius 2 is 1.44 bits per heavy atom. The number of benzene rings is 2. The molecule has 0 bridgehead atoms. The maximum absolute atomic E-state index is 10.5. The zero-order valence-corrected chi connectivity index (χ0v) is 14.2. The van der Waals surface area contributed by atoms with Crippen molar-refractivity contribution in [2.24, 2.45) is 0 Å². The van der Waals surface area contributed by atoms with E-state index < -0.39 is 0 Å². The molecule has 0 aliphatic carbocycles. The van der Waals surface area contributed by atoms with E-state index in [9.17, 15) is 4.79 Å². The monoisotopic (exact) mass is 336 g/mol. The number of hydrogen-bond donors (Lipinski definition) is 3. The van der Waals surface area contributed by atoms with Crippen LogP contribution < -0.4 is 5.32 Å². The van der Waals surface area contributed by atoms with Crippen LogP contribution in [-0.2, 0) is 17.6 Å². The third-order valence-electron chi connectivity index (χ3n) is 3.96. The van der Waals surface area contributed by atoms with Crippen molar-refractivity contribution in [3.8, 4) is 0 Å². The van der Waals surface area contributed by atoms with Crippen LogP contribution in [0.5, 0.6) is 0 Å². The molecule has 0 aliphatic rings. The minimum atomic E-state index is 0.131. The van der Waals surface area contributed by atoms with Crippen LogP contribution in [0.2, 0.25) is 0 Å². The molecule has 5 heteroatoms. The summed E-state index contributed by atoms with van der Waals surface area (Å²) < 4.78 is 0. The fourth-order valence-corrected chi connectivity index (χ4v) is 2.59. The fourth-order valence-electron chi connectivity index (χ4n) is 2.59. The van der Waals surface area contributed by atoms with Gasteiger partial charge in [0.25, 0.3) is 0 Å². The quantitative estimate of drug-likeness (QED) is 0.374. The van der Waals surface area contributed by atoms with Crippen molar-refractivity contribution in [3.63, 3.8) is 0 Å². The van der Waals surface area contributed by atoms with Crippen molar-refractivity contribution in [1.29, 1.82) is 10.8 Å². The second-order valence-corrected chi connectivity index (χ2v) is 5.76. The summed E-state index contributed by atoms with van der Waals surface area (Å²) in [4.78, 5) is 12.2. The Labute approximate surface area is 148 Å². The Morgan fingerprint density at radius 1 is 0.880 bits per heavy atom. The molecule has 5 nitrogen and oxygen atoms in total. The molecule has 0 unspecified atom stereocenters. The number of aryl methyl sites for hydroxylation is 1. The van der Waals surface area contributed by atoms with Gasteiger partial charge >= 0.3 is 0 Å². The molecule has 3 N–H and O–H groups in total. The number of nitrogens with one attached hydrogen (secondary N) is 3. The predicted octanol–water partition coefficient (Wildman–Crippen LogP) is 2.86. The van der Waals surface area contributed by atoms with E-state index in [1.165, 1.54) is 11.1 Å². The van der Waals surface area contributed by atoms with Crippen LogP contribution in [0.4, 0.5) is 0 Å². The molecule has 0 atom stereocenters. The van der Waals surface area contributed by atoms with Gasteiger partial charge in [0, 0.05) is 13.0 Å². The normalized spacial score (nSPS) is 10.1. The van der Waals surface area contributed by atoms with Gasteiger partial charge in [0.1, 0.15) is 11.7 Å². The highest BCUT2D eigenvalue weighted by Crippen LogP contribution is 2.08. The summed E-state index contributed by atoms with van der Waals surface area (Å²) in [6.45, 7) is 0.684. The molecular weight excluding hydrogens is 312 g/mol. The second-order valence-electron chi connectivity index (χ2n) is 5.76. The summed E-state index contributed by atoms with van der Waals surface area (Å²) in [7, 11) is 0. The lowest BCUT2D eigenvalue weighted by Gasteiger charge is -2.26. The number of hydrogen-bond acceptors (Lipinski definition) is 3. The first-order valence-corrected chi connectivity index (χ1v) is 8.38. The molecule has 0 aromatic heterocycles. The van der Waals surface area contributed by atoms with Gasteiger partial charge in [0.15, 0.2) is 0 Å². The molecule has 0 aliphatic heterocycles. The Hall–Kier alpha value is -2.95. The van der Waals surface area contributed by atoms with Crippen molar-refractivity contribution < 1.29 is 4.79 Å². The van der Waals surface area contributed by atoms with Crippen molar-refractivity contribution in [2.75, 3.05) is 13.1 Å². The molecule has 0 spiro atoms. The molecule has 0 saturated heterocycles. The highest BCUT2D eigenvalue weighted by molar-refractivity contribution is 5.99. The lowest BCUT2D eigenvalue weighted by Crippen LogP contribution is -2.42. The zero-order valence-electron chi connectivity index (χ0n) is 14.2. The highest BCUT2D eigenvalue weighted by atomic mass is 16.1. The molecule has 130 valence electrons. The van der Waals surface area contributed by atoms with Crippen molar-refractivity contribution in [1.82, 2.24) is 10.2 Å². The van der Waals surface area contributed by atoms with Gasteiger partial charge in [-0.05, 0) is 24.0 Å². The summed E-state index contributed by atoms with van der Waals surface area (Å²) in [5.74, 6) is 0.638. The number of amidine groups is 2. The molecule has 0 radical (unpaired) electrons. The Balaban J connectivity index is 1.97. The first-order chi connectivity index (χ1) is 12.2. The minimum Gasteiger partial charge on any atom is -0.351 e. The summed E-state index contributed by atoms with van der Waals surface area (Å²) in [6, 6.07) is 20.1. The molecule has 0 fully saturated rings. The average molecular weight is 336 g/mol. The van der Waals surface area contributed by atoms with Gasteiger partial charge in [0.2, 0.25) is 6.41 Å². The van der Waals surface area contributed by atoms with Gasteiger partial charge in [-0.3, -0.25) is 15.6 Å². The fraction of sp³-hybridized carbons (Fsp3) is 0.250. The lowest BCUT2D eigenvalue weighted by molar-refractivity contribution is -0.109. The summed E-state index contributed by atoms with van der Waals surface area (Å²) >= 11 is 0. The Morgan fingerprint density at radius 3 is 2.00 bits per heavy atom. The first kappa shape index (κ1) is 18.4. The summed E-state index contributed by atoms with van der Waals surface area (Å²) in [5.41, 5.74) is 2.34. The molecular formula is C20H24N4O. The minimum absolute atomic E-state index is 0.131. The molecule has 2 rings (SSSR count). The van der Waals surface area contributed by atoms with Crippen LogP contribution in [0, 0.1) is 10.8 Å². The maximum atomic E-state index is 10.5. The summed E-state index contributed by atoms with van der Waals surface area (Å²) in [6.07, 6.45) is 2.65. The van der Waals surface area contributed by atoms with E-state index >= 15 is 0 Å². The largest absolute Gasteiger partial charge is 0.351 e. The van der Waals surface area contributed by atoms with Gasteiger partial charge < -0.3 is 10.2 Å². The molecule has 0 heterocycles. The number of rotatable bonds is 9. The lowest BCUT2D eigenvalue weighted by atomic mass is 10.1. The van der Waals surface area contributed by atoms with Crippen LogP contribution in [0.15, 0.2) is 60.7 Å². The number of amides is 1. The summed E-state index contributed by atoms with van der Waals surface area (Å²) in [5, 5.41) is 19.1. The van der Waals surface area contributed by atoms with E-state index in [0.29, 0.717) is 25.2 Å². The zero-order chi connectivity index (χ0) is 17.9. The smallest absolute Gasteiger partial charge is 0.207 e. The topological polar surface area (TPSA) is 80.0 Å². The maximum Gasteiger partial charge on any atom is 0.207 e. The highest BCUT2D eigenvalue weighted by Gasteiger charge is 2.15. The Bertz CT molecular complexity index is 685. The van der Waals surface area contributed by atoms with Crippen molar-refractivity contribution >= 4 is 18.1 Å². The van der Waals surface area contributed by atoms with Gasteiger partial charge in [-0.2, -0.15) is 0 Å². The molecule has 25 heavy (non-hydrogen) atoms. The van der Waals surface area contributed by atoms with Crippen LogP contribution in [0.3, 0.4) is 0 Å². The SMILES string of the molecule is N=C(CCc1ccccc1)N(CCc1ccccc1)C(=N)CNC=O. The van der Waals surface area contributed by atoms with E-state index in [1.807, 2.05) is 60.7 Å². The third kappa shape index (κ3) is 6.22. The predicted molar refractivity (Wildman–Crippen MR) is 101 cm³/mol.